The fourth-order valence-corrected chi connectivity index (χ4v) is 4.08. The van der Waals surface area contributed by atoms with Gasteiger partial charge in [0.05, 0.1) is 11.4 Å². The van der Waals surface area contributed by atoms with Crippen molar-refractivity contribution in [1.82, 2.24) is 5.16 Å². The largest absolute Gasteiger partial charge is 0.372 e. The van der Waals surface area contributed by atoms with Crippen LogP contribution in [0.25, 0.3) is 0 Å². The maximum absolute atomic E-state index is 12.2. The van der Waals surface area contributed by atoms with E-state index in [2.05, 4.69) is 27.5 Å². The van der Waals surface area contributed by atoms with E-state index in [0.717, 1.165) is 47.1 Å². The first kappa shape index (κ1) is 17.9. The number of aryl methyl sites for hydroxylation is 3. The van der Waals surface area contributed by atoms with Gasteiger partial charge in [0.2, 0.25) is 5.91 Å². The molecule has 5 nitrogen and oxygen atoms in total. The minimum Gasteiger partial charge on any atom is -0.372 e. The standard InChI is InChI=1S/C19H25N3O2S/c1-13-10-16(22-8-4-5-9-22)6-7-18(13)20-19(23)12-25-11-17-14(2)21-24-15(17)3/h6-7,10H,4-5,8-9,11-12H2,1-3H3,(H,20,23). The molecule has 0 unspecified atom stereocenters. The van der Waals surface area contributed by atoms with Crippen molar-refractivity contribution in [3.63, 3.8) is 0 Å². The third-order valence-electron chi connectivity index (χ3n) is 4.62. The van der Waals surface area contributed by atoms with E-state index in [0.29, 0.717) is 5.75 Å². The summed E-state index contributed by atoms with van der Waals surface area (Å²) in [4.78, 5) is 14.6. The molecule has 1 amide bonds. The molecule has 0 atom stereocenters. The highest BCUT2D eigenvalue weighted by molar-refractivity contribution is 7.99. The Hall–Kier alpha value is -1.95. The third kappa shape index (κ3) is 4.37. The molecular formula is C19H25N3O2S. The van der Waals surface area contributed by atoms with Crippen LogP contribution < -0.4 is 10.2 Å². The summed E-state index contributed by atoms with van der Waals surface area (Å²) in [7, 11) is 0. The van der Waals surface area contributed by atoms with E-state index in [-0.39, 0.29) is 5.91 Å². The van der Waals surface area contributed by atoms with Crippen molar-refractivity contribution in [1.29, 1.82) is 0 Å². The molecule has 1 N–H and O–H groups in total. The molecule has 1 fully saturated rings. The summed E-state index contributed by atoms with van der Waals surface area (Å²) in [5, 5.41) is 6.96. The normalized spacial score (nSPS) is 14.1. The van der Waals surface area contributed by atoms with Gasteiger partial charge in [0, 0.05) is 35.8 Å². The quantitative estimate of drug-likeness (QED) is 0.842. The average Bonchev–Trinajstić information content (AvgIpc) is 3.22. The number of hydrogen-bond acceptors (Lipinski definition) is 5. The molecule has 1 aromatic carbocycles. The molecule has 0 aliphatic carbocycles. The van der Waals surface area contributed by atoms with Gasteiger partial charge in [0.1, 0.15) is 5.76 Å². The van der Waals surface area contributed by atoms with Crippen molar-refractivity contribution < 1.29 is 9.32 Å². The van der Waals surface area contributed by atoms with Crippen LogP contribution in [0.5, 0.6) is 0 Å². The van der Waals surface area contributed by atoms with Crippen molar-refractivity contribution in [2.24, 2.45) is 0 Å². The van der Waals surface area contributed by atoms with Crippen molar-refractivity contribution in [3.05, 3.63) is 40.8 Å². The lowest BCUT2D eigenvalue weighted by atomic mass is 10.1. The number of nitrogens with zero attached hydrogens (tertiary/aromatic N) is 2. The van der Waals surface area contributed by atoms with Crippen molar-refractivity contribution in [3.8, 4) is 0 Å². The van der Waals surface area contributed by atoms with Gasteiger partial charge in [-0.2, -0.15) is 0 Å². The van der Waals surface area contributed by atoms with Crippen LogP contribution in [-0.2, 0) is 10.5 Å². The maximum atomic E-state index is 12.2. The van der Waals surface area contributed by atoms with E-state index in [9.17, 15) is 4.79 Å². The molecule has 3 rings (SSSR count). The lowest BCUT2D eigenvalue weighted by molar-refractivity contribution is -0.113. The number of aromatic nitrogens is 1. The van der Waals surface area contributed by atoms with E-state index >= 15 is 0 Å². The van der Waals surface area contributed by atoms with Crippen LogP contribution >= 0.6 is 11.8 Å². The highest BCUT2D eigenvalue weighted by atomic mass is 32.2. The fraction of sp³-hybridized carbons (Fsp3) is 0.474. The summed E-state index contributed by atoms with van der Waals surface area (Å²) in [6.45, 7) is 8.14. The molecule has 134 valence electrons. The van der Waals surface area contributed by atoms with Gasteiger partial charge in [-0.1, -0.05) is 5.16 Å². The lowest BCUT2D eigenvalue weighted by Crippen LogP contribution is -2.18. The van der Waals surface area contributed by atoms with Crippen molar-refractivity contribution in [2.45, 2.75) is 39.4 Å². The van der Waals surface area contributed by atoms with Crippen LogP contribution in [0.1, 0.15) is 35.4 Å². The second-order valence-corrected chi connectivity index (χ2v) is 7.52. The number of rotatable bonds is 6. The Morgan fingerprint density at radius 3 is 2.68 bits per heavy atom. The van der Waals surface area contributed by atoms with Crippen LogP contribution in [-0.4, -0.2) is 29.9 Å². The summed E-state index contributed by atoms with van der Waals surface area (Å²) < 4.78 is 5.15. The van der Waals surface area contributed by atoms with Crippen molar-refractivity contribution >= 4 is 29.0 Å². The minimum absolute atomic E-state index is 0.0220. The highest BCUT2D eigenvalue weighted by Crippen LogP contribution is 2.26. The molecule has 1 saturated heterocycles. The molecule has 2 heterocycles. The van der Waals surface area contributed by atoms with Gasteiger partial charge in [-0.15, -0.1) is 11.8 Å². The summed E-state index contributed by atoms with van der Waals surface area (Å²) in [6.07, 6.45) is 2.53. The molecule has 0 spiro atoms. The monoisotopic (exact) mass is 359 g/mol. The number of benzene rings is 1. The molecule has 2 aromatic rings. The van der Waals surface area contributed by atoms with E-state index in [1.807, 2.05) is 26.8 Å². The predicted octanol–water partition coefficient (Wildman–Crippen LogP) is 4.07. The summed E-state index contributed by atoms with van der Waals surface area (Å²) >= 11 is 1.58. The van der Waals surface area contributed by atoms with Gasteiger partial charge >= 0.3 is 0 Å². The summed E-state index contributed by atoms with van der Waals surface area (Å²) in [5.41, 5.74) is 5.24. The van der Waals surface area contributed by atoms with Gasteiger partial charge in [0.15, 0.2) is 0 Å². The van der Waals surface area contributed by atoms with Crippen LogP contribution in [0, 0.1) is 20.8 Å². The minimum atomic E-state index is 0.0220. The number of carbonyl (C=O) groups excluding carboxylic acids is 1. The average molecular weight is 359 g/mol. The zero-order valence-electron chi connectivity index (χ0n) is 15.1. The van der Waals surface area contributed by atoms with Crippen LogP contribution in [0.2, 0.25) is 0 Å². The highest BCUT2D eigenvalue weighted by Gasteiger charge is 2.14. The number of amides is 1. The third-order valence-corrected chi connectivity index (χ3v) is 5.58. The molecule has 25 heavy (non-hydrogen) atoms. The van der Waals surface area contributed by atoms with Gasteiger partial charge in [-0.05, 0) is 57.4 Å². The fourth-order valence-electron chi connectivity index (χ4n) is 3.10. The first-order chi connectivity index (χ1) is 12.0. The zero-order valence-corrected chi connectivity index (χ0v) is 15.9. The molecular weight excluding hydrogens is 334 g/mol. The Bertz CT molecular complexity index is 732. The van der Waals surface area contributed by atoms with Gasteiger partial charge in [-0.25, -0.2) is 0 Å². The Balaban J connectivity index is 1.52. The number of hydrogen-bond donors (Lipinski definition) is 1. The van der Waals surface area contributed by atoms with Crippen LogP contribution in [0.3, 0.4) is 0 Å². The second-order valence-electron chi connectivity index (χ2n) is 6.54. The Labute approximate surface area is 153 Å². The first-order valence-electron chi connectivity index (χ1n) is 8.69. The molecule has 0 saturated carbocycles. The summed E-state index contributed by atoms with van der Waals surface area (Å²) in [6, 6.07) is 6.28. The van der Waals surface area contributed by atoms with E-state index in [1.54, 1.807) is 11.8 Å². The van der Waals surface area contributed by atoms with Crippen LogP contribution in [0.15, 0.2) is 22.7 Å². The number of thioether (sulfide) groups is 1. The smallest absolute Gasteiger partial charge is 0.234 e. The lowest BCUT2D eigenvalue weighted by Gasteiger charge is -2.19. The molecule has 6 heteroatoms. The molecule has 0 bridgehead atoms. The van der Waals surface area contributed by atoms with E-state index in [4.69, 9.17) is 4.52 Å². The SMILES string of the molecule is Cc1cc(N2CCCC2)ccc1NC(=O)CSCc1c(C)noc1C. The van der Waals surface area contributed by atoms with Gasteiger partial charge in [-0.3, -0.25) is 4.79 Å². The Kier molecular flexibility index (Phi) is 5.68. The van der Waals surface area contributed by atoms with E-state index < -0.39 is 0 Å². The maximum Gasteiger partial charge on any atom is 0.234 e. The predicted molar refractivity (Wildman–Crippen MR) is 103 cm³/mol. The van der Waals surface area contributed by atoms with Gasteiger partial charge in [0.25, 0.3) is 0 Å². The van der Waals surface area contributed by atoms with E-state index in [1.165, 1.54) is 18.5 Å². The van der Waals surface area contributed by atoms with Crippen molar-refractivity contribution in [2.75, 3.05) is 29.1 Å². The number of carbonyl (C=O) groups is 1. The number of nitrogens with one attached hydrogen (secondary N) is 1. The molecule has 0 radical (unpaired) electrons. The molecule has 1 aliphatic heterocycles. The zero-order chi connectivity index (χ0) is 17.8. The first-order valence-corrected chi connectivity index (χ1v) is 9.85. The topological polar surface area (TPSA) is 58.4 Å². The Morgan fingerprint density at radius 1 is 1.28 bits per heavy atom. The Morgan fingerprint density at radius 2 is 2.04 bits per heavy atom. The number of anilines is 2. The van der Waals surface area contributed by atoms with Crippen LogP contribution in [0.4, 0.5) is 11.4 Å². The second kappa shape index (κ2) is 7.95. The molecule has 1 aromatic heterocycles. The summed E-state index contributed by atoms with van der Waals surface area (Å²) in [5.74, 6) is 2.01. The van der Waals surface area contributed by atoms with Gasteiger partial charge < -0.3 is 14.7 Å². The molecule has 1 aliphatic rings.